The molecule has 0 unspecified atom stereocenters. The van der Waals surface area contributed by atoms with Gasteiger partial charge in [0.15, 0.2) is 15.2 Å². The number of benzene rings is 1. The summed E-state index contributed by atoms with van der Waals surface area (Å²) in [6.45, 7) is 0.493. The molecule has 0 radical (unpaired) electrons. The molecule has 0 fully saturated rings. The molecule has 0 aliphatic carbocycles. The van der Waals surface area contributed by atoms with Crippen molar-refractivity contribution < 1.29 is 14.1 Å². The average molecular weight is 399 g/mol. The van der Waals surface area contributed by atoms with Crippen LogP contribution in [0.25, 0.3) is 11.4 Å². The Morgan fingerprint density at radius 1 is 1.28 bits per heavy atom. The molecule has 130 valence electrons. The molecule has 0 atom stereocenters. The normalized spacial score (nSPS) is 10.7. The van der Waals surface area contributed by atoms with Gasteiger partial charge in [0.05, 0.1) is 7.11 Å². The highest BCUT2D eigenvalue weighted by Gasteiger charge is 2.17. The minimum absolute atomic E-state index is 0.113. The van der Waals surface area contributed by atoms with E-state index < -0.39 is 5.97 Å². The molecule has 0 saturated heterocycles. The van der Waals surface area contributed by atoms with Gasteiger partial charge < -0.3 is 14.6 Å². The van der Waals surface area contributed by atoms with Crippen molar-refractivity contribution in [1.29, 1.82) is 0 Å². The minimum atomic E-state index is -0.514. The molecular weight excluding hydrogens is 387 g/mol. The molecule has 1 aromatic carbocycles. The number of thiazole rings is 1. The second-order valence-corrected chi connectivity index (χ2v) is 6.62. The zero-order valence-electron chi connectivity index (χ0n) is 13.0. The van der Waals surface area contributed by atoms with E-state index >= 15 is 0 Å². The van der Waals surface area contributed by atoms with Gasteiger partial charge in [-0.25, -0.2) is 9.78 Å². The Kier molecular flexibility index (Phi) is 5.52. The van der Waals surface area contributed by atoms with Gasteiger partial charge in [-0.15, -0.1) is 0 Å². The lowest BCUT2D eigenvalue weighted by Crippen LogP contribution is -2.04. The summed E-state index contributed by atoms with van der Waals surface area (Å²) < 4.78 is 9.85. The summed E-state index contributed by atoms with van der Waals surface area (Å²) in [5, 5.41) is 8.27. The standard InChI is InChI=1S/C15H12Cl2N4O3S/c1-23-14(22)11-12(17)20-15(25-11)18-7-6-10-19-13(21-24-10)8-2-4-9(16)5-3-8/h2-5H,6-7H2,1H3,(H,18,20). The Bertz CT molecular complexity index is 879. The molecule has 10 heteroatoms. The molecule has 0 spiro atoms. The third-order valence-electron chi connectivity index (χ3n) is 3.14. The third-order valence-corrected chi connectivity index (χ3v) is 4.77. The van der Waals surface area contributed by atoms with E-state index in [2.05, 4.69) is 25.2 Å². The Morgan fingerprint density at radius 3 is 2.76 bits per heavy atom. The minimum Gasteiger partial charge on any atom is -0.465 e. The zero-order valence-corrected chi connectivity index (χ0v) is 15.3. The first-order chi connectivity index (χ1) is 12.1. The van der Waals surface area contributed by atoms with E-state index in [9.17, 15) is 4.79 Å². The molecule has 2 aromatic heterocycles. The number of hydrogen-bond donors (Lipinski definition) is 1. The highest BCUT2D eigenvalue weighted by Crippen LogP contribution is 2.27. The van der Waals surface area contributed by atoms with E-state index in [0.29, 0.717) is 34.8 Å². The maximum atomic E-state index is 11.5. The van der Waals surface area contributed by atoms with E-state index in [-0.39, 0.29) is 10.0 Å². The predicted molar refractivity (Wildman–Crippen MR) is 95.4 cm³/mol. The predicted octanol–water partition coefficient (Wildman–Crippen LogP) is 3.94. The molecule has 0 amide bonds. The molecular formula is C15H12Cl2N4O3S. The number of aromatic nitrogens is 3. The first-order valence-electron chi connectivity index (χ1n) is 7.14. The average Bonchev–Trinajstić information content (AvgIpc) is 3.22. The number of nitrogens with one attached hydrogen (secondary N) is 1. The molecule has 0 saturated carbocycles. The number of carbonyl (C=O) groups excluding carboxylic acids is 1. The van der Waals surface area contributed by atoms with Crippen LogP contribution in [0.15, 0.2) is 28.8 Å². The smallest absolute Gasteiger partial charge is 0.351 e. The zero-order chi connectivity index (χ0) is 17.8. The summed E-state index contributed by atoms with van der Waals surface area (Å²) in [7, 11) is 1.29. The molecule has 3 rings (SSSR count). The van der Waals surface area contributed by atoms with E-state index in [4.69, 9.17) is 27.7 Å². The quantitative estimate of drug-likeness (QED) is 0.628. The number of rotatable bonds is 6. The largest absolute Gasteiger partial charge is 0.465 e. The maximum absolute atomic E-state index is 11.5. The number of carbonyl (C=O) groups is 1. The SMILES string of the molecule is COC(=O)c1sc(NCCc2nc(-c3ccc(Cl)cc3)no2)nc1Cl. The van der Waals surface area contributed by atoms with Crippen LogP contribution >= 0.6 is 34.5 Å². The Morgan fingerprint density at radius 2 is 2.04 bits per heavy atom. The van der Waals surface area contributed by atoms with Gasteiger partial charge in [-0.1, -0.05) is 39.7 Å². The van der Waals surface area contributed by atoms with Crippen LogP contribution in [0.1, 0.15) is 15.6 Å². The fourth-order valence-corrected chi connectivity index (χ4v) is 3.20. The summed E-state index contributed by atoms with van der Waals surface area (Å²) in [4.78, 5) is 20.1. The van der Waals surface area contributed by atoms with Gasteiger partial charge in [0, 0.05) is 23.6 Å². The van der Waals surface area contributed by atoms with Crippen LogP contribution in [-0.2, 0) is 11.2 Å². The molecule has 7 nitrogen and oxygen atoms in total. The fraction of sp³-hybridized carbons (Fsp3) is 0.200. The van der Waals surface area contributed by atoms with E-state index in [1.54, 1.807) is 12.1 Å². The van der Waals surface area contributed by atoms with Crippen molar-refractivity contribution in [2.75, 3.05) is 19.0 Å². The van der Waals surface area contributed by atoms with Crippen LogP contribution in [0.5, 0.6) is 0 Å². The van der Waals surface area contributed by atoms with Crippen molar-refractivity contribution >= 4 is 45.6 Å². The van der Waals surface area contributed by atoms with Crippen molar-refractivity contribution in [2.45, 2.75) is 6.42 Å². The highest BCUT2D eigenvalue weighted by molar-refractivity contribution is 7.18. The lowest BCUT2D eigenvalue weighted by atomic mass is 10.2. The van der Waals surface area contributed by atoms with Gasteiger partial charge in [0.2, 0.25) is 11.7 Å². The second-order valence-electron chi connectivity index (χ2n) is 4.83. The number of nitrogens with zero attached hydrogens (tertiary/aromatic N) is 3. The summed E-state index contributed by atoms with van der Waals surface area (Å²) in [6, 6.07) is 7.17. The van der Waals surface area contributed by atoms with E-state index in [0.717, 1.165) is 16.9 Å². The molecule has 0 bridgehead atoms. The van der Waals surface area contributed by atoms with E-state index in [1.165, 1.54) is 7.11 Å². The Hall–Kier alpha value is -2.16. The number of anilines is 1. The lowest BCUT2D eigenvalue weighted by Gasteiger charge is -1.98. The Labute approximate surface area is 156 Å². The van der Waals surface area contributed by atoms with Crippen LogP contribution in [0.3, 0.4) is 0 Å². The number of hydrogen-bond acceptors (Lipinski definition) is 8. The van der Waals surface area contributed by atoms with Crippen LogP contribution < -0.4 is 5.32 Å². The molecule has 0 aliphatic heterocycles. The monoisotopic (exact) mass is 398 g/mol. The van der Waals surface area contributed by atoms with Gasteiger partial charge in [0.25, 0.3) is 0 Å². The maximum Gasteiger partial charge on any atom is 0.351 e. The Balaban J connectivity index is 1.58. The van der Waals surface area contributed by atoms with Crippen molar-refractivity contribution in [3.05, 3.63) is 45.2 Å². The summed E-state index contributed by atoms with van der Waals surface area (Å²) in [5.41, 5.74) is 0.821. The second kappa shape index (κ2) is 7.81. The van der Waals surface area contributed by atoms with Crippen molar-refractivity contribution in [3.63, 3.8) is 0 Å². The van der Waals surface area contributed by atoms with Crippen LogP contribution in [0.2, 0.25) is 10.2 Å². The fourth-order valence-electron chi connectivity index (χ4n) is 1.94. The van der Waals surface area contributed by atoms with Crippen molar-refractivity contribution in [1.82, 2.24) is 15.1 Å². The third kappa shape index (κ3) is 4.28. The van der Waals surface area contributed by atoms with Crippen LogP contribution in [0.4, 0.5) is 5.13 Å². The molecule has 3 aromatic rings. The highest BCUT2D eigenvalue weighted by atomic mass is 35.5. The number of esters is 1. The summed E-state index contributed by atoms with van der Waals surface area (Å²) in [6.07, 6.45) is 0.491. The topological polar surface area (TPSA) is 90.1 Å². The molecule has 0 aliphatic rings. The van der Waals surface area contributed by atoms with Gasteiger partial charge in [-0.05, 0) is 24.3 Å². The first-order valence-corrected chi connectivity index (χ1v) is 8.71. The van der Waals surface area contributed by atoms with Crippen molar-refractivity contribution in [2.24, 2.45) is 0 Å². The lowest BCUT2D eigenvalue weighted by molar-refractivity contribution is 0.0606. The molecule has 1 N–H and O–H groups in total. The van der Waals surface area contributed by atoms with Gasteiger partial charge in [-0.3, -0.25) is 0 Å². The summed E-state index contributed by atoms with van der Waals surface area (Å²) >= 11 is 12.9. The first kappa shape index (κ1) is 17.7. The summed E-state index contributed by atoms with van der Waals surface area (Å²) in [5.74, 6) is 0.463. The van der Waals surface area contributed by atoms with E-state index in [1.807, 2.05) is 12.1 Å². The van der Waals surface area contributed by atoms with Crippen LogP contribution in [0, 0.1) is 0 Å². The van der Waals surface area contributed by atoms with Crippen molar-refractivity contribution in [3.8, 4) is 11.4 Å². The van der Waals surface area contributed by atoms with Gasteiger partial charge >= 0.3 is 5.97 Å². The molecule has 25 heavy (non-hydrogen) atoms. The number of methoxy groups -OCH3 is 1. The van der Waals surface area contributed by atoms with Crippen LogP contribution in [-0.4, -0.2) is 34.7 Å². The molecule has 2 heterocycles. The number of halogens is 2. The van der Waals surface area contributed by atoms with Gasteiger partial charge in [-0.2, -0.15) is 4.98 Å². The van der Waals surface area contributed by atoms with Gasteiger partial charge in [0.1, 0.15) is 0 Å². The number of ether oxygens (including phenoxy) is 1.